The summed E-state index contributed by atoms with van der Waals surface area (Å²) >= 11 is 3.49. The molecule has 1 aliphatic carbocycles. The average molecular weight is 306 g/mol. The lowest BCUT2D eigenvalue weighted by Crippen LogP contribution is -2.18. The van der Waals surface area contributed by atoms with Gasteiger partial charge >= 0.3 is 0 Å². The molecule has 3 rings (SSSR count). The SMILES string of the molecule is Cc1nc(-n2ccc3c2CCCC3N)ccc1Br. The van der Waals surface area contributed by atoms with E-state index in [4.69, 9.17) is 5.73 Å². The number of halogens is 1. The Morgan fingerprint density at radius 3 is 3.00 bits per heavy atom. The van der Waals surface area contributed by atoms with E-state index in [1.165, 1.54) is 11.3 Å². The highest BCUT2D eigenvalue weighted by Gasteiger charge is 2.21. The van der Waals surface area contributed by atoms with Crippen LogP contribution in [0.1, 0.15) is 35.8 Å². The smallest absolute Gasteiger partial charge is 0.137 e. The van der Waals surface area contributed by atoms with Crippen molar-refractivity contribution in [2.24, 2.45) is 5.73 Å². The highest BCUT2D eigenvalue weighted by atomic mass is 79.9. The Kier molecular flexibility index (Phi) is 2.99. The summed E-state index contributed by atoms with van der Waals surface area (Å²) in [6, 6.07) is 6.41. The molecular weight excluding hydrogens is 290 g/mol. The zero-order valence-corrected chi connectivity index (χ0v) is 11.9. The zero-order chi connectivity index (χ0) is 12.7. The first-order chi connectivity index (χ1) is 8.66. The minimum absolute atomic E-state index is 0.187. The van der Waals surface area contributed by atoms with Crippen molar-refractivity contribution in [3.05, 3.63) is 45.8 Å². The quantitative estimate of drug-likeness (QED) is 0.878. The van der Waals surface area contributed by atoms with Crippen LogP contribution < -0.4 is 5.73 Å². The van der Waals surface area contributed by atoms with Gasteiger partial charge in [-0.1, -0.05) is 0 Å². The summed E-state index contributed by atoms with van der Waals surface area (Å²) in [6.07, 6.45) is 5.43. The summed E-state index contributed by atoms with van der Waals surface area (Å²) in [7, 11) is 0. The van der Waals surface area contributed by atoms with Crippen LogP contribution in [0, 0.1) is 6.92 Å². The van der Waals surface area contributed by atoms with Crippen molar-refractivity contribution < 1.29 is 0 Å². The van der Waals surface area contributed by atoms with Gasteiger partial charge in [-0.25, -0.2) is 4.98 Å². The number of nitrogens with zero attached hydrogens (tertiary/aromatic N) is 2. The molecule has 2 N–H and O–H groups in total. The van der Waals surface area contributed by atoms with Crippen molar-refractivity contribution in [2.75, 3.05) is 0 Å². The summed E-state index contributed by atoms with van der Waals surface area (Å²) in [4.78, 5) is 4.62. The Hall–Kier alpha value is -1.13. The first kappa shape index (κ1) is 11.9. The van der Waals surface area contributed by atoms with Crippen LogP contribution in [0.2, 0.25) is 0 Å². The first-order valence-corrected chi connectivity index (χ1v) is 7.05. The van der Waals surface area contributed by atoms with Crippen molar-refractivity contribution in [3.63, 3.8) is 0 Å². The van der Waals surface area contributed by atoms with Crippen LogP contribution in [0.4, 0.5) is 0 Å². The van der Waals surface area contributed by atoms with Crippen LogP contribution in [0.5, 0.6) is 0 Å². The molecule has 0 aromatic carbocycles. The van der Waals surface area contributed by atoms with Crippen molar-refractivity contribution in [1.29, 1.82) is 0 Å². The van der Waals surface area contributed by atoms with Gasteiger partial charge in [-0.15, -0.1) is 0 Å². The predicted octanol–water partition coefficient (Wildman–Crippen LogP) is 3.28. The highest BCUT2D eigenvalue weighted by Crippen LogP contribution is 2.30. The number of hydrogen-bond acceptors (Lipinski definition) is 2. The molecule has 0 saturated heterocycles. The maximum absolute atomic E-state index is 6.15. The average Bonchev–Trinajstić information content (AvgIpc) is 2.78. The van der Waals surface area contributed by atoms with Gasteiger partial charge in [0.2, 0.25) is 0 Å². The Morgan fingerprint density at radius 1 is 1.39 bits per heavy atom. The lowest BCUT2D eigenvalue weighted by molar-refractivity contribution is 0.559. The van der Waals surface area contributed by atoms with Gasteiger partial charge in [-0.2, -0.15) is 0 Å². The van der Waals surface area contributed by atoms with E-state index in [0.29, 0.717) is 0 Å². The van der Waals surface area contributed by atoms with E-state index in [2.05, 4.69) is 37.7 Å². The summed E-state index contributed by atoms with van der Waals surface area (Å²) in [5.74, 6) is 0.978. The lowest BCUT2D eigenvalue weighted by Gasteiger charge is -2.20. The Bertz CT molecular complexity index is 589. The highest BCUT2D eigenvalue weighted by molar-refractivity contribution is 9.10. The van der Waals surface area contributed by atoms with E-state index >= 15 is 0 Å². The molecular formula is C14H16BrN3. The summed E-state index contributed by atoms with van der Waals surface area (Å²) in [5.41, 5.74) is 9.76. The van der Waals surface area contributed by atoms with Crippen LogP contribution in [-0.4, -0.2) is 9.55 Å². The van der Waals surface area contributed by atoms with Crippen LogP contribution in [0.15, 0.2) is 28.9 Å². The second-order valence-corrected chi connectivity index (χ2v) is 5.68. The van der Waals surface area contributed by atoms with Gasteiger partial charge in [0.25, 0.3) is 0 Å². The number of nitrogens with two attached hydrogens (primary N) is 1. The van der Waals surface area contributed by atoms with Gasteiger partial charge in [0, 0.05) is 22.4 Å². The minimum atomic E-state index is 0.187. The molecule has 4 heteroatoms. The maximum atomic E-state index is 6.15. The first-order valence-electron chi connectivity index (χ1n) is 6.26. The van der Waals surface area contributed by atoms with Crippen molar-refractivity contribution in [1.82, 2.24) is 9.55 Å². The Balaban J connectivity index is 2.09. The molecule has 94 valence electrons. The minimum Gasteiger partial charge on any atom is -0.324 e. The van der Waals surface area contributed by atoms with Gasteiger partial charge in [0.1, 0.15) is 5.82 Å². The van der Waals surface area contributed by atoms with Gasteiger partial charge in [-0.05, 0) is 65.9 Å². The third kappa shape index (κ3) is 1.89. The number of hydrogen-bond donors (Lipinski definition) is 1. The third-order valence-corrected chi connectivity index (χ3v) is 4.45. The van der Waals surface area contributed by atoms with E-state index in [-0.39, 0.29) is 6.04 Å². The second kappa shape index (κ2) is 4.52. The fourth-order valence-corrected chi connectivity index (χ4v) is 2.83. The number of aromatic nitrogens is 2. The molecule has 0 aliphatic heterocycles. The zero-order valence-electron chi connectivity index (χ0n) is 10.4. The van der Waals surface area contributed by atoms with Crippen LogP contribution in [0.25, 0.3) is 5.82 Å². The number of aryl methyl sites for hydroxylation is 1. The fourth-order valence-electron chi connectivity index (χ4n) is 2.61. The molecule has 1 atom stereocenters. The molecule has 0 saturated carbocycles. The number of rotatable bonds is 1. The molecule has 2 aromatic heterocycles. The molecule has 0 amide bonds. The molecule has 1 unspecified atom stereocenters. The standard InChI is InChI=1S/C14H16BrN3/c1-9-11(15)5-6-14(17-9)18-8-7-10-12(16)3-2-4-13(10)18/h5-8,12H,2-4,16H2,1H3. The van der Waals surface area contributed by atoms with Gasteiger partial charge in [0.05, 0.1) is 5.69 Å². The van der Waals surface area contributed by atoms with Crippen molar-refractivity contribution in [3.8, 4) is 5.82 Å². The molecule has 0 fully saturated rings. The van der Waals surface area contributed by atoms with Crippen LogP contribution >= 0.6 is 15.9 Å². The van der Waals surface area contributed by atoms with Gasteiger partial charge in [-0.3, -0.25) is 0 Å². The lowest BCUT2D eigenvalue weighted by atomic mass is 9.94. The molecule has 0 radical (unpaired) electrons. The van der Waals surface area contributed by atoms with Crippen LogP contribution in [0.3, 0.4) is 0 Å². The van der Waals surface area contributed by atoms with Crippen molar-refractivity contribution in [2.45, 2.75) is 32.2 Å². The molecule has 1 aliphatic rings. The van der Waals surface area contributed by atoms with Gasteiger partial charge < -0.3 is 10.3 Å². The van der Waals surface area contributed by atoms with E-state index in [9.17, 15) is 0 Å². The number of fused-ring (bicyclic) bond motifs is 1. The summed E-state index contributed by atoms with van der Waals surface area (Å²) < 4.78 is 3.22. The van der Waals surface area contributed by atoms with Crippen molar-refractivity contribution >= 4 is 15.9 Å². The van der Waals surface area contributed by atoms with E-state index in [1.54, 1.807) is 0 Å². The monoisotopic (exact) mass is 305 g/mol. The molecule has 3 nitrogen and oxygen atoms in total. The molecule has 2 aromatic rings. The number of pyridine rings is 1. The topological polar surface area (TPSA) is 43.8 Å². The maximum Gasteiger partial charge on any atom is 0.137 e. The Morgan fingerprint density at radius 2 is 2.22 bits per heavy atom. The largest absolute Gasteiger partial charge is 0.324 e. The molecule has 2 heterocycles. The Labute approximate surface area is 115 Å². The van der Waals surface area contributed by atoms with E-state index in [0.717, 1.165) is 35.2 Å². The summed E-state index contributed by atoms with van der Waals surface area (Å²) in [5, 5.41) is 0. The van der Waals surface area contributed by atoms with Crippen LogP contribution in [-0.2, 0) is 6.42 Å². The molecule has 18 heavy (non-hydrogen) atoms. The van der Waals surface area contributed by atoms with E-state index in [1.807, 2.05) is 19.1 Å². The summed E-state index contributed by atoms with van der Waals surface area (Å²) in [6.45, 7) is 2.01. The van der Waals surface area contributed by atoms with E-state index < -0.39 is 0 Å². The molecule has 0 bridgehead atoms. The van der Waals surface area contributed by atoms with Gasteiger partial charge in [0.15, 0.2) is 0 Å². The fraction of sp³-hybridized carbons (Fsp3) is 0.357. The predicted molar refractivity (Wildman–Crippen MR) is 75.9 cm³/mol. The molecule has 0 spiro atoms. The normalized spacial score (nSPS) is 18.7. The second-order valence-electron chi connectivity index (χ2n) is 4.82. The third-order valence-electron chi connectivity index (χ3n) is 3.61.